The van der Waals surface area contributed by atoms with Crippen LogP contribution >= 0.6 is 11.6 Å². The van der Waals surface area contributed by atoms with Crippen molar-refractivity contribution in [2.75, 3.05) is 6.54 Å². The van der Waals surface area contributed by atoms with Gasteiger partial charge in [0.05, 0.1) is 17.4 Å². The highest BCUT2D eigenvalue weighted by Gasteiger charge is 1.96. The summed E-state index contributed by atoms with van der Waals surface area (Å²) in [6.07, 6.45) is 1.75. The molecule has 44 valence electrons. The number of rotatable bonds is 0. The molecule has 8 heavy (non-hydrogen) atoms. The van der Waals surface area contributed by atoms with Gasteiger partial charge in [0.15, 0.2) is 0 Å². The molecule has 1 heterocycles. The molecule has 0 unspecified atom stereocenters. The summed E-state index contributed by atoms with van der Waals surface area (Å²) in [5.41, 5.74) is 0. The standard InChI is InChI=1S/C5H7ClN2/c1-4-7-2-5(6)3-8-4/h2H,3H2,1H3,(H,7,8). The van der Waals surface area contributed by atoms with E-state index < -0.39 is 0 Å². The van der Waals surface area contributed by atoms with Crippen LogP contribution in [0.2, 0.25) is 0 Å². The molecule has 2 nitrogen and oxygen atoms in total. The van der Waals surface area contributed by atoms with Crippen LogP contribution in [-0.2, 0) is 0 Å². The molecule has 0 saturated heterocycles. The van der Waals surface area contributed by atoms with E-state index in [1.807, 2.05) is 6.92 Å². The van der Waals surface area contributed by atoms with E-state index in [-0.39, 0.29) is 0 Å². The number of nitrogens with one attached hydrogen (secondary N) is 1. The van der Waals surface area contributed by atoms with Crippen LogP contribution in [0.5, 0.6) is 0 Å². The molecule has 1 rings (SSSR count). The van der Waals surface area contributed by atoms with Crippen LogP contribution in [0.15, 0.2) is 16.2 Å². The minimum atomic E-state index is 0.625. The van der Waals surface area contributed by atoms with Crippen LogP contribution in [-0.4, -0.2) is 12.4 Å². The van der Waals surface area contributed by atoms with Gasteiger partial charge in [-0.05, 0) is 6.92 Å². The van der Waals surface area contributed by atoms with Gasteiger partial charge in [0, 0.05) is 6.20 Å². The molecule has 0 aliphatic carbocycles. The third-order valence-corrected chi connectivity index (χ3v) is 1.13. The monoisotopic (exact) mass is 130 g/mol. The van der Waals surface area contributed by atoms with Crippen LogP contribution in [0.3, 0.4) is 0 Å². The second kappa shape index (κ2) is 2.18. The van der Waals surface area contributed by atoms with E-state index in [1.165, 1.54) is 0 Å². The Kier molecular flexibility index (Phi) is 1.53. The molecule has 1 aliphatic rings. The predicted octanol–water partition coefficient (Wildman–Crippen LogP) is 1.09. The Bertz CT molecular complexity index is 131. The molecule has 0 aromatic rings. The molecule has 0 radical (unpaired) electrons. The van der Waals surface area contributed by atoms with Crippen LogP contribution in [0.4, 0.5) is 0 Å². The fourth-order valence-corrected chi connectivity index (χ4v) is 0.582. The van der Waals surface area contributed by atoms with Crippen LogP contribution in [0.25, 0.3) is 0 Å². The first kappa shape index (κ1) is 5.63. The molecule has 0 spiro atoms. The molecule has 0 atom stereocenters. The lowest BCUT2D eigenvalue weighted by Gasteiger charge is -2.05. The predicted molar refractivity (Wildman–Crippen MR) is 35.0 cm³/mol. The molecule has 1 N–H and O–H groups in total. The normalized spacial score (nSPS) is 18.8. The average molecular weight is 131 g/mol. The van der Waals surface area contributed by atoms with Gasteiger partial charge in [-0.2, -0.15) is 0 Å². The van der Waals surface area contributed by atoms with Gasteiger partial charge in [-0.3, -0.25) is 4.99 Å². The van der Waals surface area contributed by atoms with Gasteiger partial charge in [0.2, 0.25) is 0 Å². The first-order chi connectivity index (χ1) is 3.79. The van der Waals surface area contributed by atoms with Crippen molar-refractivity contribution in [1.29, 1.82) is 0 Å². The van der Waals surface area contributed by atoms with Gasteiger partial charge in [-0.25, -0.2) is 0 Å². The molecule has 0 saturated carbocycles. The Morgan fingerprint density at radius 1 is 1.88 bits per heavy atom. The Morgan fingerprint density at radius 2 is 2.62 bits per heavy atom. The second-order valence-electron chi connectivity index (χ2n) is 1.64. The van der Waals surface area contributed by atoms with E-state index in [1.54, 1.807) is 6.20 Å². The summed E-state index contributed by atoms with van der Waals surface area (Å²) in [4.78, 5) is 4.02. The Balaban J connectivity index is 2.54. The van der Waals surface area contributed by atoms with E-state index in [9.17, 15) is 0 Å². The van der Waals surface area contributed by atoms with Crippen LogP contribution in [0.1, 0.15) is 6.92 Å². The first-order valence-corrected chi connectivity index (χ1v) is 2.79. The van der Waals surface area contributed by atoms with Crippen molar-refractivity contribution in [2.45, 2.75) is 6.92 Å². The van der Waals surface area contributed by atoms with Crippen molar-refractivity contribution in [3.63, 3.8) is 0 Å². The van der Waals surface area contributed by atoms with Crippen molar-refractivity contribution in [3.8, 4) is 0 Å². The van der Waals surface area contributed by atoms with Gasteiger partial charge < -0.3 is 5.32 Å². The summed E-state index contributed by atoms with van der Waals surface area (Å²) in [7, 11) is 0. The van der Waals surface area contributed by atoms with Crippen molar-refractivity contribution < 1.29 is 0 Å². The van der Waals surface area contributed by atoms with Crippen molar-refractivity contribution >= 4 is 17.4 Å². The van der Waals surface area contributed by atoms with E-state index in [4.69, 9.17) is 11.6 Å². The minimum absolute atomic E-state index is 0.625. The second-order valence-corrected chi connectivity index (χ2v) is 2.12. The highest BCUT2D eigenvalue weighted by molar-refractivity contribution is 6.30. The fraction of sp³-hybridized carbons (Fsp3) is 0.400. The molecule has 3 heteroatoms. The number of halogens is 1. The van der Waals surface area contributed by atoms with Crippen molar-refractivity contribution in [3.05, 3.63) is 11.2 Å². The molecular formula is C5H7ClN2. The smallest absolute Gasteiger partial charge is 0.0975 e. The highest BCUT2D eigenvalue weighted by atomic mass is 35.5. The van der Waals surface area contributed by atoms with Gasteiger partial charge in [0.1, 0.15) is 0 Å². The number of amidine groups is 1. The SMILES string of the molecule is CC1=NCC(Cl)=CN1. The third kappa shape index (κ3) is 1.23. The summed E-state index contributed by atoms with van der Waals surface area (Å²) in [5, 5.41) is 3.65. The number of hydrogen-bond donors (Lipinski definition) is 1. The largest absolute Gasteiger partial charge is 0.349 e. The summed E-state index contributed by atoms with van der Waals surface area (Å²) < 4.78 is 0. The average Bonchev–Trinajstić information content (AvgIpc) is 1.77. The maximum Gasteiger partial charge on any atom is 0.0975 e. The van der Waals surface area contributed by atoms with Gasteiger partial charge in [0.25, 0.3) is 0 Å². The van der Waals surface area contributed by atoms with Gasteiger partial charge in [-0.1, -0.05) is 11.6 Å². The lowest BCUT2D eigenvalue weighted by molar-refractivity contribution is 1.07. The zero-order chi connectivity index (χ0) is 5.98. The lowest BCUT2D eigenvalue weighted by atomic mass is 10.5. The summed E-state index contributed by atoms with van der Waals surface area (Å²) in [6, 6.07) is 0. The van der Waals surface area contributed by atoms with E-state index >= 15 is 0 Å². The topological polar surface area (TPSA) is 24.4 Å². The summed E-state index contributed by atoms with van der Waals surface area (Å²) in [5.74, 6) is 0.925. The number of aliphatic imine (C=N–C) groups is 1. The van der Waals surface area contributed by atoms with Crippen LogP contribution < -0.4 is 5.32 Å². The van der Waals surface area contributed by atoms with E-state index in [0.29, 0.717) is 6.54 Å². The lowest BCUT2D eigenvalue weighted by Crippen LogP contribution is -2.17. The molecule has 0 amide bonds. The molecule has 0 aromatic heterocycles. The Hall–Kier alpha value is -0.500. The maximum absolute atomic E-state index is 5.57. The summed E-state index contributed by atoms with van der Waals surface area (Å²) in [6.45, 7) is 2.53. The third-order valence-electron chi connectivity index (χ3n) is 0.905. The maximum atomic E-state index is 5.57. The number of nitrogens with zero attached hydrogens (tertiary/aromatic N) is 1. The minimum Gasteiger partial charge on any atom is -0.349 e. The van der Waals surface area contributed by atoms with Crippen molar-refractivity contribution in [2.24, 2.45) is 4.99 Å². The van der Waals surface area contributed by atoms with E-state index in [2.05, 4.69) is 10.3 Å². The fourth-order valence-electron chi connectivity index (χ4n) is 0.468. The van der Waals surface area contributed by atoms with Crippen LogP contribution in [0, 0.1) is 0 Å². The zero-order valence-corrected chi connectivity index (χ0v) is 5.37. The van der Waals surface area contributed by atoms with Gasteiger partial charge >= 0.3 is 0 Å². The Morgan fingerprint density at radius 3 is 3.00 bits per heavy atom. The van der Waals surface area contributed by atoms with E-state index in [0.717, 1.165) is 10.9 Å². The molecule has 0 aromatic carbocycles. The Labute approximate surface area is 53.3 Å². The molecule has 0 bridgehead atoms. The van der Waals surface area contributed by atoms with Crippen molar-refractivity contribution in [1.82, 2.24) is 5.32 Å². The summed E-state index contributed by atoms with van der Waals surface area (Å²) >= 11 is 5.57. The van der Waals surface area contributed by atoms with Gasteiger partial charge in [-0.15, -0.1) is 0 Å². The molecule has 0 fully saturated rings. The quantitative estimate of drug-likeness (QED) is 0.522. The highest BCUT2D eigenvalue weighted by Crippen LogP contribution is 2.02. The first-order valence-electron chi connectivity index (χ1n) is 2.41. The zero-order valence-electron chi connectivity index (χ0n) is 4.61. The number of hydrogen-bond acceptors (Lipinski definition) is 2. The molecule has 1 aliphatic heterocycles. The molecular weight excluding hydrogens is 124 g/mol.